The summed E-state index contributed by atoms with van der Waals surface area (Å²) in [5, 5.41) is 0. The summed E-state index contributed by atoms with van der Waals surface area (Å²) >= 11 is 6.37. The molecule has 0 aromatic carbocycles. The first-order valence-electron chi connectivity index (χ1n) is 2.65. The number of aromatic amines is 1. The second kappa shape index (κ2) is 2.10. The van der Waals surface area contributed by atoms with Crippen LogP contribution in [0.2, 0.25) is 0 Å². The summed E-state index contributed by atoms with van der Waals surface area (Å²) in [6.45, 7) is 0. The number of hydrogen-bond donors (Lipinski definition) is 1. The van der Waals surface area contributed by atoms with Crippen LogP contribution in [-0.2, 0) is 0 Å². The topological polar surface area (TPSA) is 41.6 Å². The monoisotopic (exact) mass is 169 g/mol. The molecule has 2 rings (SSSR count). The van der Waals surface area contributed by atoms with E-state index in [4.69, 9.17) is 12.2 Å². The summed E-state index contributed by atoms with van der Waals surface area (Å²) in [5.74, 6) is 0. The highest BCUT2D eigenvalue weighted by Crippen LogP contribution is 2.13. The Morgan fingerprint density at radius 1 is 1.60 bits per heavy atom. The third-order valence-corrected chi connectivity index (χ3v) is 2.26. The van der Waals surface area contributed by atoms with E-state index in [-0.39, 0.29) is 0 Å². The Kier molecular flexibility index (Phi) is 1.25. The third-order valence-electron chi connectivity index (χ3n) is 1.10. The van der Waals surface area contributed by atoms with Crippen LogP contribution in [0.1, 0.15) is 0 Å². The van der Waals surface area contributed by atoms with Crippen LogP contribution in [0, 0.1) is 3.95 Å². The molecule has 10 heavy (non-hydrogen) atoms. The van der Waals surface area contributed by atoms with Gasteiger partial charge < -0.3 is 4.98 Å². The Labute approximate surface area is 65.8 Å². The van der Waals surface area contributed by atoms with E-state index in [1.165, 1.54) is 17.7 Å². The van der Waals surface area contributed by atoms with Crippen molar-refractivity contribution in [2.45, 2.75) is 0 Å². The molecule has 1 N–H and O–H groups in total. The van der Waals surface area contributed by atoms with Crippen molar-refractivity contribution in [3.8, 4) is 0 Å². The fourth-order valence-corrected chi connectivity index (χ4v) is 1.71. The standard InChI is InChI=1S/C5H3N3S2/c9-5-8-3-1-6-2-7-4(3)10-5/h1-2H,(H,8,9). The summed E-state index contributed by atoms with van der Waals surface area (Å²) < 4.78 is 0.746. The van der Waals surface area contributed by atoms with Crippen molar-refractivity contribution < 1.29 is 0 Å². The van der Waals surface area contributed by atoms with E-state index >= 15 is 0 Å². The number of rotatable bonds is 0. The molecule has 0 radical (unpaired) electrons. The van der Waals surface area contributed by atoms with Gasteiger partial charge in [-0.25, -0.2) is 9.97 Å². The molecule has 2 aromatic heterocycles. The molecule has 0 aliphatic heterocycles. The van der Waals surface area contributed by atoms with E-state index in [1.807, 2.05) is 0 Å². The zero-order chi connectivity index (χ0) is 6.97. The predicted molar refractivity (Wildman–Crippen MR) is 42.6 cm³/mol. The number of hydrogen-bond acceptors (Lipinski definition) is 4. The highest BCUT2D eigenvalue weighted by Gasteiger charge is 1.94. The van der Waals surface area contributed by atoms with Gasteiger partial charge in [0.25, 0.3) is 0 Å². The van der Waals surface area contributed by atoms with Crippen LogP contribution in [-0.4, -0.2) is 15.0 Å². The lowest BCUT2D eigenvalue weighted by atomic mass is 10.6. The van der Waals surface area contributed by atoms with Gasteiger partial charge >= 0.3 is 0 Å². The van der Waals surface area contributed by atoms with E-state index in [0.29, 0.717) is 0 Å². The summed E-state index contributed by atoms with van der Waals surface area (Å²) in [6.07, 6.45) is 3.23. The maximum absolute atomic E-state index is 4.91. The maximum Gasteiger partial charge on any atom is 0.160 e. The molecule has 0 aliphatic rings. The number of thiazole rings is 1. The van der Waals surface area contributed by atoms with Crippen LogP contribution in [0.3, 0.4) is 0 Å². The van der Waals surface area contributed by atoms with Gasteiger partial charge in [-0.2, -0.15) is 0 Å². The lowest BCUT2D eigenvalue weighted by Gasteiger charge is -1.80. The average molecular weight is 169 g/mol. The minimum absolute atomic E-state index is 0.746. The molecule has 5 heteroatoms. The number of nitrogens with zero attached hydrogens (tertiary/aromatic N) is 2. The molecule has 2 aromatic rings. The molecule has 3 nitrogen and oxygen atoms in total. The molecular formula is C5H3N3S2. The minimum Gasteiger partial charge on any atom is -0.334 e. The number of nitrogens with one attached hydrogen (secondary N) is 1. The van der Waals surface area contributed by atoms with Crippen molar-refractivity contribution in [3.05, 3.63) is 16.5 Å². The van der Waals surface area contributed by atoms with E-state index in [1.54, 1.807) is 6.20 Å². The normalized spacial score (nSPS) is 10.4. The van der Waals surface area contributed by atoms with Crippen LogP contribution >= 0.6 is 23.6 Å². The van der Waals surface area contributed by atoms with Crippen LogP contribution in [0.4, 0.5) is 0 Å². The first-order valence-corrected chi connectivity index (χ1v) is 3.87. The van der Waals surface area contributed by atoms with Gasteiger partial charge in [0.15, 0.2) is 3.95 Å². The van der Waals surface area contributed by atoms with Gasteiger partial charge in [0.2, 0.25) is 0 Å². The van der Waals surface area contributed by atoms with Crippen molar-refractivity contribution >= 4 is 33.9 Å². The van der Waals surface area contributed by atoms with E-state index in [2.05, 4.69) is 15.0 Å². The van der Waals surface area contributed by atoms with Gasteiger partial charge in [-0.1, -0.05) is 11.3 Å². The van der Waals surface area contributed by atoms with Crippen molar-refractivity contribution in [2.75, 3.05) is 0 Å². The van der Waals surface area contributed by atoms with Crippen molar-refractivity contribution in [2.24, 2.45) is 0 Å². The fourth-order valence-electron chi connectivity index (χ4n) is 0.709. The molecule has 0 atom stereocenters. The molecule has 50 valence electrons. The van der Waals surface area contributed by atoms with Gasteiger partial charge in [0, 0.05) is 0 Å². The minimum atomic E-state index is 0.746. The fraction of sp³-hybridized carbons (Fsp3) is 0. The summed E-state index contributed by atoms with van der Waals surface area (Å²) in [6, 6.07) is 0. The zero-order valence-corrected chi connectivity index (χ0v) is 6.50. The van der Waals surface area contributed by atoms with Crippen LogP contribution in [0.15, 0.2) is 12.5 Å². The van der Waals surface area contributed by atoms with Crippen molar-refractivity contribution in [1.82, 2.24) is 15.0 Å². The Bertz CT molecular complexity index is 366. The smallest absolute Gasteiger partial charge is 0.160 e. The number of H-pyrrole nitrogens is 1. The predicted octanol–water partition coefficient (Wildman–Crippen LogP) is 1.75. The van der Waals surface area contributed by atoms with Gasteiger partial charge in [0.1, 0.15) is 11.2 Å². The highest BCUT2D eigenvalue weighted by molar-refractivity contribution is 7.73. The number of aromatic nitrogens is 3. The van der Waals surface area contributed by atoms with E-state index < -0.39 is 0 Å². The van der Waals surface area contributed by atoms with Crippen LogP contribution in [0.25, 0.3) is 10.3 Å². The highest BCUT2D eigenvalue weighted by atomic mass is 32.1. The molecule has 0 bridgehead atoms. The maximum atomic E-state index is 4.91. The van der Waals surface area contributed by atoms with Crippen LogP contribution < -0.4 is 0 Å². The Morgan fingerprint density at radius 3 is 3.30 bits per heavy atom. The molecule has 0 aliphatic carbocycles. The second-order valence-electron chi connectivity index (χ2n) is 1.76. The first-order chi connectivity index (χ1) is 4.86. The van der Waals surface area contributed by atoms with E-state index in [9.17, 15) is 0 Å². The number of fused-ring (bicyclic) bond motifs is 1. The Morgan fingerprint density at radius 2 is 2.50 bits per heavy atom. The zero-order valence-electron chi connectivity index (χ0n) is 4.87. The summed E-state index contributed by atoms with van der Waals surface area (Å²) in [5.41, 5.74) is 0.914. The SMILES string of the molecule is S=c1[nH]c2cncnc2s1. The van der Waals surface area contributed by atoms with Gasteiger partial charge in [-0.3, -0.25) is 0 Å². The molecule has 0 unspecified atom stereocenters. The van der Waals surface area contributed by atoms with Crippen molar-refractivity contribution in [1.29, 1.82) is 0 Å². The third kappa shape index (κ3) is 0.833. The van der Waals surface area contributed by atoms with Gasteiger partial charge in [-0.15, -0.1) is 0 Å². The molecule has 0 fully saturated rings. The molecule has 0 spiro atoms. The molecule has 0 saturated carbocycles. The Balaban J connectivity index is 3.01. The average Bonchev–Trinajstić information content (AvgIpc) is 2.27. The van der Waals surface area contributed by atoms with Crippen molar-refractivity contribution in [3.63, 3.8) is 0 Å². The lowest BCUT2D eigenvalue weighted by Crippen LogP contribution is -1.74. The molecular weight excluding hydrogens is 166 g/mol. The van der Waals surface area contributed by atoms with E-state index in [0.717, 1.165) is 14.3 Å². The largest absolute Gasteiger partial charge is 0.334 e. The second-order valence-corrected chi connectivity index (χ2v) is 3.42. The molecule has 2 heterocycles. The lowest BCUT2D eigenvalue weighted by molar-refractivity contribution is 1.22. The van der Waals surface area contributed by atoms with Crippen LogP contribution in [0.5, 0.6) is 0 Å². The first kappa shape index (κ1) is 5.94. The molecule has 0 saturated heterocycles. The summed E-state index contributed by atoms with van der Waals surface area (Å²) in [4.78, 5) is 11.7. The Hall–Kier alpha value is -0.810. The van der Waals surface area contributed by atoms with Gasteiger partial charge in [-0.05, 0) is 12.2 Å². The summed E-state index contributed by atoms with van der Waals surface area (Å²) in [7, 11) is 0. The quantitative estimate of drug-likeness (QED) is 0.611. The van der Waals surface area contributed by atoms with Gasteiger partial charge in [0.05, 0.1) is 11.7 Å². The molecule has 0 amide bonds.